The molecule has 3 aromatic rings. The molecule has 0 bridgehead atoms. The molecule has 0 spiro atoms. The number of fused-ring (bicyclic) bond motifs is 1. The van der Waals surface area contributed by atoms with Gasteiger partial charge in [-0.1, -0.05) is 0 Å². The fourth-order valence-corrected chi connectivity index (χ4v) is 3.54. The van der Waals surface area contributed by atoms with Gasteiger partial charge in [-0.05, 0) is 30.3 Å². The van der Waals surface area contributed by atoms with Crippen LogP contribution in [0.3, 0.4) is 0 Å². The van der Waals surface area contributed by atoms with Gasteiger partial charge in [0.1, 0.15) is 0 Å². The summed E-state index contributed by atoms with van der Waals surface area (Å²) in [5, 5.41) is 0. The van der Waals surface area contributed by atoms with Crippen LogP contribution in [0.5, 0.6) is 17.2 Å². The van der Waals surface area contributed by atoms with E-state index in [1.54, 1.807) is 50.9 Å². The Labute approximate surface area is 155 Å². The molecule has 0 unspecified atom stereocenters. The van der Waals surface area contributed by atoms with Gasteiger partial charge < -0.3 is 19.1 Å². The zero-order valence-corrected chi connectivity index (χ0v) is 15.9. The Morgan fingerprint density at radius 1 is 1.08 bits per heavy atom. The monoisotopic (exact) mass is 372 g/mol. The van der Waals surface area contributed by atoms with Crippen molar-refractivity contribution in [1.29, 1.82) is 0 Å². The lowest BCUT2D eigenvalue weighted by Gasteiger charge is -2.21. The van der Waals surface area contributed by atoms with Gasteiger partial charge in [-0.2, -0.15) is 0 Å². The summed E-state index contributed by atoms with van der Waals surface area (Å²) in [6, 6.07) is 9.21. The van der Waals surface area contributed by atoms with Gasteiger partial charge in [-0.3, -0.25) is 4.79 Å². The third-order valence-corrected chi connectivity index (χ3v) is 4.91. The Bertz CT molecular complexity index is 938. The summed E-state index contributed by atoms with van der Waals surface area (Å²) in [4.78, 5) is 18.7. The molecule has 0 saturated heterocycles. The van der Waals surface area contributed by atoms with Crippen molar-refractivity contribution in [1.82, 2.24) is 9.88 Å². The van der Waals surface area contributed by atoms with E-state index >= 15 is 0 Å². The zero-order valence-electron chi connectivity index (χ0n) is 15.1. The van der Waals surface area contributed by atoms with Gasteiger partial charge in [0.05, 0.1) is 37.1 Å². The number of thiazole rings is 1. The average Bonchev–Trinajstić information content (AvgIpc) is 3.14. The van der Waals surface area contributed by atoms with Gasteiger partial charge in [0.15, 0.2) is 11.5 Å². The molecule has 1 aromatic heterocycles. The quantitative estimate of drug-likeness (QED) is 0.662. The van der Waals surface area contributed by atoms with Crippen LogP contribution in [-0.4, -0.2) is 44.2 Å². The molecule has 0 radical (unpaired) electrons. The molecule has 0 aliphatic rings. The van der Waals surface area contributed by atoms with Crippen molar-refractivity contribution in [2.24, 2.45) is 0 Å². The lowest BCUT2D eigenvalue weighted by molar-refractivity contribution is 0.0784. The Morgan fingerprint density at radius 2 is 1.85 bits per heavy atom. The first-order chi connectivity index (χ1) is 12.6. The maximum atomic E-state index is 12.8. The normalized spacial score (nSPS) is 10.6. The number of ether oxygens (including phenoxy) is 3. The van der Waals surface area contributed by atoms with Crippen molar-refractivity contribution >= 4 is 27.5 Å². The molecule has 26 heavy (non-hydrogen) atoms. The molecule has 7 heteroatoms. The lowest BCUT2D eigenvalue weighted by Crippen LogP contribution is -2.26. The summed E-state index contributed by atoms with van der Waals surface area (Å²) in [6.45, 7) is 0.378. The maximum absolute atomic E-state index is 12.8. The van der Waals surface area contributed by atoms with Gasteiger partial charge >= 0.3 is 0 Å². The van der Waals surface area contributed by atoms with Crippen LogP contribution in [0.25, 0.3) is 10.2 Å². The van der Waals surface area contributed by atoms with Crippen molar-refractivity contribution in [2.45, 2.75) is 6.54 Å². The predicted molar refractivity (Wildman–Crippen MR) is 102 cm³/mol. The molecule has 0 atom stereocenters. The molecule has 1 amide bonds. The van der Waals surface area contributed by atoms with Gasteiger partial charge in [0.2, 0.25) is 5.75 Å². The molecule has 6 nitrogen and oxygen atoms in total. The molecule has 3 rings (SSSR count). The average molecular weight is 372 g/mol. The van der Waals surface area contributed by atoms with E-state index in [1.807, 2.05) is 18.2 Å². The minimum atomic E-state index is -0.0721. The lowest BCUT2D eigenvalue weighted by atomic mass is 10.1. The van der Waals surface area contributed by atoms with E-state index in [0.29, 0.717) is 29.4 Å². The zero-order chi connectivity index (χ0) is 18.7. The number of carbonyl (C=O) groups excluding carboxylic acids is 1. The first-order valence-electron chi connectivity index (χ1n) is 7.95. The molecule has 136 valence electrons. The second-order valence-corrected chi connectivity index (χ2v) is 6.58. The van der Waals surface area contributed by atoms with Crippen molar-refractivity contribution in [3.8, 4) is 17.2 Å². The summed E-state index contributed by atoms with van der Waals surface area (Å²) >= 11 is 1.52. The van der Waals surface area contributed by atoms with Crippen molar-refractivity contribution in [2.75, 3.05) is 28.4 Å². The fourth-order valence-electron chi connectivity index (χ4n) is 2.82. The van der Waals surface area contributed by atoms with Crippen LogP contribution in [0.2, 0.25) is 0 Å². The van der Waals surface area contributed by atoms with Crippen LogP contribution in [0.15, 0.2) is 35.8 Å². The molecule has 0 aliphatic carbocycles. The number of aromatic nitrogens is 1. The van der Waals surface area contributed by atoms with Crippen LogP contribution in [0.1, 0.15) is 15.9 Å². The Balaban J connectivity index is 1.86. The highest BCUT2D eigenvalue weighted by atomic mass is 32.1. The summed E-state index contributed by atoms with van der Waals surface area (Å²) in [5.41, 5.74) is 4.14. The van der Waals surface area contributed by atoms with E-state index in [-0.39, 0.29) is 5.91 Å². The minimum Gasteiger partial charge on any atom is -0.493 e. The second kappa shape index (κ2) is 7.61. The molecule has 2 aromatic carbocycles. The topological polar surface area (TPSA) is 60.9 Å². The number of carbonyl (C=O) groups is 1. The number of benzene rings is 2. The summed E-state index contributed by atoms with van der Waals surface area (Å²) in [5.74, 6) is 1.58. The van der Waals surface area contributed by atoms with Crippen molar-refractivity contribution < 1.29 is 19.0 Å². The van der Waals surface area contributed by atoms with Gasteiger partial charge in [0, 0.05) is 24.7 Å². The smallest absolute Gasteiger partial charge is 0.253 e. The molecule has 1 heterocycles. The number of amides is 1. The molecule has 0 fully saturated rings. The number of hydrogen-bond acceptors (Lipinski definition) is 6. The third-order valence-electron chi connectivity index (χ3n) is 4.12. The van der Waals surface area contributed by atoms with Crippen LogP contribution in [0.4, 0.5) is 0 Å². The van der Waals surface area contributed by atoms with Gasteiger partial charge in [0.25, 0.3) is 5.91 Å². The maximum Gasteiger partial charge on any atom is 0.253 e. The molecule has 0 N–H and O–H groups in total. The minimum absolute atomic E-state index is 0.0721. The largest absolute Gasteiger partial charge is 0.493 e. The Kier molecular flexibility index (Phi) is 5.27. The van der Waals surface area contributed by atoms with E-state index in [4.69, 9.17) is 14.2 Å². The molecule has 0 saturated carbocycles. The predicted octanol–water partition coefficient (Wildman–Crippen LogP) is 3.59. The first kappa shape index (κ1) is 18.0. The van der Waals surface area contributed by atoms with E-state index in [1.165, 1.54) is 11.3 Å². The molecular weight excluding hydrogens is 352 g/mol. The number of methoxy groups -OCH3 is 3. The first-order valence-corrected chi connectivity index (χ1v) is 8.83. The van der Waals surface area contributed by atoms with Crippen LogP contribution >= 0.6 is 11.3 Å². The Hall–Kier alpha value is -2.80. The van der Waals surface area contributed by atoms with Gasteiger partial charge in [-0.25, -0.2) is 4.98 Å². The standard InChI is InChI=1S/C19H20N2O4S/c1-21(19(22)12-5-7-14-16(9-12)26-11-20-14)10-13-6-8-15(23-2)18(25-4)17(13)24-3/h5-9,11H,10H2,1-4H3. The number of rotatable bonds is 6. The van der Waals surface area contributed by atoms with E-state index in [0.717, 1.165) is 15.8 Å². The highest BCUT2D eigenvalue weighted by Crippen LogP contribution is 2.40. The van der Waals surface area contributed by atoms with Crippen molar-refractivity contribution in [3.05, 3.63) is 47.0 Å². The van der Waals surface area contributed by atoms with E-state index in [9.17, 15) is 4.79 Å². The second-order valence-electron chi connectivity index (χ2n) is 5.69. The molecular formula is C19H20N2O4S. The number of nitrogens with zero attached hydrogens (tertiary/aromatic N) is 2. The highest BCUT2D eigenvalue weighted by molar-refractivity contribution is 7.16. The summed E-state index contributed by atoms with van der Waals surface area (Å²) in [7, 11) is 6.46. The van der Waals surface area contributed by atoms with Crippen LogP contribution < -0.4 is 14.2 Å². The third kappa shape index (κ3) is 3.30. The van der Waals surface area contributed by atoms with Gasteiger partial charge in [-0.15, -0.1) is 11.3 Å². The van der Waals surface area contributed by atoms with Crippen molar-refractivity contribution in [3.63, 3.8) is 0 Å². The highest BCUT2D eigenvalue weighted by Gasteiger charge is 2.19. The Morgan fingerprint density at radius 3 is 2.54 bits per heavy atom. The van der Waals surface area contributed by atoms with E-state index in [2.05, 4.69) is 4.98 Å². The number of hydrogen-bond donors (Lipinski definition) is 0. The van der Waals surface area contributed by atoms with Crippen LogP contribution in [-0.2, 0) is 6.54 Å². The SMILES string of the molecule is COc1ccc(CN(C)C(=O)c2ccc3ncsc3c2)c(OC)c1OC. The summed E-state index contributed by atoms with van der Waals surface area (Å²) in [6.07, 6.45) is 0. The molecule has 0 aliphatic heterocycles. The van der Waals surface area contributed by atoms with E-state index < -0.39 is 0 Å². The fraction of sp³-hybridized carbons (Fsp3) is 0.263. The summed E-state index contributed by atoms with van der Waals surface area (Å²) < 4.78 is 17.2. The van der Waals surface area contributed by atoms with Crippen LogP contribution in [0, 0.1) is 0 Å².